The Balaban J connectivity index is 2.36. The van der Waals surface area contributed by atoms with Gasteiger partial charge in [-0.15, -0.1) is 0 Å². The van der Waals surface area contributed by atoms with Gasteiger partial charge in [0.25, 0.3) is 0 Å². The first-order chi connectivity index (χ1) is 6.29. The number of nitrogens with zero attached hydrogens (tertiary/aromatic N) is 2. The van der Waals surface area contributed by atoms with E-state index >= 15 is 0 Å². The van der Waals surface area contributed by atoms with Crippen LogP contribution in [0.1, 0.15) is 6.42 Å². The van der Waals surface area contributed by atoms with E-state index in [2.05, 4.69) is 62.8 Å². The van der Waals surface area contributed by atoms with Crippen LogP contribution in [0.3, 0.4) is 0 Å². The number of hydrogen-bond donors (Lipinski definition) is 0. The van der Waals surface area contributed by atoms with Gasteiger partial charge < -0.3 is 0 Å². The van der Waals surface area contributed by atoms with Gasteiger partial charge in [-0.1, -0.05) is 0 Å². The zero-order valence-corrected chi connectivity index (χ0v) is 9.19. The summed E-state index contributed by atoms with van der Waals surface area (Å²) in [4.78, 5) is 0. The summed E-state index contributed by atoms with van der Waals surface area (Å²) in [5.41, 5.74) is 1.20. The second-order valence-corrected chi connectivity index (χ2v) is 3.99. The summed E-state index contributed by atoms with van der Waals surface area (Å²) in [6.45, 7) is 0. The van der Waals surface area contributed by atoms with E-state index < -0.39 is 0 Å². The Kier molecular flexibility index (Phi) is 2.30. The molecule has 3 heteroatoms. The van der Waals surface area contributed by atoms with Gasteiger partial charge >= 0.3 is 85.5 Å². The van der Waals surface area contributed by atoms with E-state index in [1.807, 2.05) is 6.07 Å². The molecule has 0 spiro atoms. The van der Waals surface area contributed by atoms with Crippen molar-refractivity contribution in [3.63, 3.8) is 0 Å². The molecule has 13 heavy (non-hydrogen) atoms. The molecule has 2 rings (SSSR count). The van der Waals surface area contributed by atoms with Crippen LogP contribution in [-0.4, -0.2) is 38.1 Å². The fraction of sp³-hybridized carbons (Fsp3) is 0.200. The van der Waals surface area contributed by atoms with Crippen LogP contribution in [0.2, 0.25) is 0 Å². The van der Waals surface area contributed by atoms with Gasteiger partial charge in [0.1, 0.15) is 0 Å². The van der Waals surface area contributed by atoms with Crippen molar-refractivity contribution in [3.8, 4) is 0 Å². The third-order valence-electron chi connectivity index (χ3n) is 2.08. The molecule has 66 valence electrons. The van der Waals surface area contributed by atoms with Gasteiger partial charge in [0.15, 0.2) is 0 Å². The van der Waals surface area contributed by atoms with E-state index in [1.54, 1.807) is 0 Å². The van der Waals surface area contributed by atoms with Gasteiger partial charge in [-0.3, -0.25) is 0 Å². The summed E-state index contributed by atoms with van der Waals surface area (Å²) in [7, 11) is 2.05. The molecule has 0 aliphatic carbocycles. The third-order valence-corrected chi connectivity index (χ3v) is 2.80. The summed E-state index contributed by atoms with van der Waals surface area (Å²) >= 11 is 3.09. The first-order valence-electron chi connectivity index (χ1n) is 4.23. The van der Waals surface area contributed by atoms with Gasteiger partial charge in [-0.05, 0) is 0 Å². The van der Waals surface area contributed by atoms with Crippen molar-refractivity contribution in [2.24, 2.45) is 0 Å². The minimum atomic E-state index is 0.991. The normalized spacial score (nSPS) is 16.2. The van der Waals surface area contributed by atoms with E-state index in [9.17, 15) is 0 Å². The van der Waals surface area contributed by atoms with Crippen molar-refractivity contribution in [1.29, 1.82) is 0 Å². The fourth-order valence-electron chi connectivity index (χ4n) is 1.45. The van der Waals surface area contributed by atoms with Crippen LogP contribution in [0.4, 0.5) is 5.69 Å². The molecule has 0 fully saturated rings. The number of para-hydroxylation sites is 1. The van der Waals surface area contributed by atoms with Crippen molar-refractivity contribution in [2.75, 3.05) is 12.1 Å². The van der Waals surface area contributed by atoms with Crippen LogP contribution >= 0.6 is 0 Å². The van der Waals surface area contributed by atoms with Gasteiger partial charge in [0.2, 0.25) is 0 Å². The number of rotatable bonds is 1. The Morgan fingerprint density at radius 2 is 2.00 bits per heavy atom. The number of hydrogen-bond acceptors (Lipinski definition) is 1. The third kappa shape index (κ3) is 1.58. The van der Waals surface area contributed by atoms with E-state index in [0.717, 1.165) is 6.42 Å². The Morgan fingerprint density at radius 3 is 2.54 bits per heavy atom. The summed E-state index contributed by atoms with van der Waals surface area (Å²) in [6, 6.07) is 10.3. The molecule has 0 bridgehead atoms. The topological polar surface area (TPSA) is 6.25 Å². The van der Waals surface area contributed by atoms with Crippen LogP contribution in [-0.2, 0) is 0 Å². The SMILES string of the molecule is C[N+]1=CCC(=[Se])N1c1ccccc1. The Bertz CT molecular complexity index is 356. The molecule has 0 aromatic heterocycles. The first-order valence-corrected chi connectivity index (χ1v) is 5.09. The maximum atomic E-state index is 3.09. The van der Waals surface area contributed by atoms with Crippen LogP contribution in [0.25, 0.3) is 0 Å². The molecule has 0 saturated heterocycles. The molecule has 1 aromatic carbocycles. The van der Waals surface area contributed by atoms with Gasteiger partial charge in [-0.25, -0.2) is 0 Å². The van der Waals surface area contributed by atoms with Crippen molar-refractivity contribution < 1.29 is 4.68 Å². The maximum absolute atomic E-state index is 3.09. The first kappa shape index (κ1) is 8.67. The molecule has 1 heterocycles. The number of benzene rings is 1. The molecule has 0 radical (unpaired) electrons. The zero-order chi connectivity index (χ0) is 9.26. The minimum absolute atomic E-state index is 0.991. The summed E-state index contributed by atoms with van der Waals surface area (Å²) in [5.74, 6) is 0. The van der Waals surface area contributed by atoms with E-state index in [4.69, 9.17) is 0 Å². The molecule has 2 nitrogen and oxygen atoms in total. The average Bonchev–Trinajstić information content (AvgIpc) is 2.48. The summed E-state index contributed by atoms with van der Waals surface area (Å²) < 4.78 is 3.34. The summed E-state index contributed by atoms with van der Waals surface area (Å²) in [6.07, 6.45) is 3.14. The molecular weight excluding hydrogens is 227 g/mol. The summed E-state index contributed by atoms with van der Waals surface area (Å²) in [5, 5.41) is 2.17. The standard InChI is InChI=1S/C10H11N2Se/c1-11-8-7-10(13)12(11)9-5-3-2-4-6-9/h2-6,8H,7H2,1H3/q+1. The van der Waals surface area contributed by atoms with Gasteiger partial charge in [-0.2, -0.15) is 0 Å². The molecule has 0 saturated carbocycles. The molecular formula is C10H11N2Se+. The Hall–Kier alpha value is -0.921. The Labute approximate surface area is 85.8 Å². The van der Waals surface area contributed by atoms with Crippen LogP contribution in [0.5, 0.6) is 0 Å². The van der Waals surface area contributed by atoms with Crippen molar-refractivity contribution in [3.05, 3.63) is 30.3 Å². The van der Waals surface area contributed by atoms with E-state index in [-0.39, 0.29) is 0 Å². The molecule has 1 aliphatic heterocycles. The second-order valence-electron chi connectivity index (χ2n) is 3.00. The van der Waals surface area contributed by atoms with Crippen LogP contribution in [0.15, 0.2) is 30.3 Å². The van der Waals surface area contributed by atoms with E-state index in [0.29, 0.717) is 0 Å². The molecule has 0 N–H and O–H groups in total. The van der Waals surface area contributed by atoms with Crippen molar-refractivity contribution >= 4 is 32.0 Å². The van der Waals surface area contributed by atoms with Gasteiger partial charge in [0, 0.05) is 0 Å². The number of hydrazone groups is 1. The molecule has 0 unspecified atom stereocenters. The number of hydrazine groups is 1. The van der Waals surface area contributed by atoms with Crippen LogP contribution < -0.4 is 5.01 Å². The molecule has 0 amide bonds. The van der Waals surface area contributed by atoms with Gasteiger partial charge in [0.05, 0.1) is 0 Å². The number of anilines is 1. The van der Waals surface area contributed by atoms with Crippen molar-refractivity contribution in [1.82, 2.24) is 0 Å². The zero-order valence-electron chi connectivity index (χ0n) is 7.47. The Morgan fingerprint density at radius 1 is 1.31 bits per heavy atom. The quantitative estimate of drug-likeness (QED) is 0.518. The fourth-order valence-corrected chi connectivity index (χ4v) is 2.10. The molecule has 1 aromatic rings. The predicted octanol–water partition coefficient (Wildman–Crippen LogP) is 0.823. The second kappa shape index (κ2) is 3.44. The molecule has 1 aliphatic rings. The monoisotopic (exact) mass is 239 g/mol. The predicted molar refractivity (Wildman–Crippen MR) is 56.5 cm³/mol. The molecule has 0 atom stereocenters. The van der Waals surface area contributed by atoms with E-state index in [1.165, 1.54) is 10.2 Å². The van der Waals surface area contributed by atoms with Crippen LogP contribution in [0, 0.1) is 0 Å². The average molecular weight is 238 g/mol. The van der Waals surface area contributed by atoms with Crippen molar-refractivity contribution in [2.45, 2.75) is 6.42 Å².